The van der Waals surface area contributed by atoms with E-state index in [-0.39, 0.29) is 56.7 Å². The Labute approximate surface area is 288 Å². The summed E-state index contributed by atoms with van der Waals surface area (Å²) in [5.74, 6) is -2.85. The molecule has 0 heterocycles. The van der Waals surface area contributed by atoms with Crippen molar-refractivity contribution < 1.29 is 42.2 Å². The summed E-state index contributed by atoms with van der Waals surface area (Å²) in [5, 5.41) is 11.5. The van der Waals surface area contributed by atoms with Crippen LogP contribution in [-0.4, -0.2) is 73.4 Å². The van der Waals surface area contributed by atoms with Crippen LogP contribution >= 0.6 is 0 Å². The molecule has 0 saturated carbocycles. The maximum atomic E-state index is 14.3. The second kappa shape index (κ2) is 19.2. The van der Waals surface area contributed by atoms with Crippen LogP contribution in [0.2, 0.25) is 0 Å². The van der Waals surface area contributed by atoms with Crippen LogP contribution in [0.4, 0.5) is 13.6 Å². The first-order valence-electron chi connectivity index (χ1n) is 16.4. The molecule has 2 aromatic rings. The molecule has 0 fully saturated rings. The lowest BCUT2D eigenvalue weighted by molar-refractivity contribution is -0.157. The average Bonchev–Trinajstić information content (AvgIpc) is 2.98. The van der Waals surface area contributed by atoms with Crippen LogP contribution in [0.25, 0.3) is 0 Å². The number of rotatable bonds is 18. The molecule has 2 rings (SSSR count). The zero-order valence-electron chi connectivity index (χ0n) is 29.8. The van der Waals surface area contributed by atoms with Gasteiger partial charge in [-0.25, -0.2) is 13.6 Å². The van der Waals surface area contributed by atoms with Gasteiger partial charge in [0.2, 0.25) is 12.0 Å². The molecule has 0 aliphatic carbocycles. The summed E-state index contributed by atoms with van der Waals surface area (Å²) >= 11 is 0. The molecule has 0 spiro atoms. The van der Waals surface area contributed by atoms with Gasteiger partial charge in [-0.3, -0.25) is 14.4 Å². The van der Waals surface area contributed by atoms with Gasteiger partial charge in [-0.05, 0) is 61.9 Å². The van der Waals surface area contributed by atoms with Gasteiger partial charge in [0.1, 0.15) is 23.3 Å². The van der Waals surface area contributed by atoms with Crippen molar-refractivity contribution in [1.29, 1.82) is 0 Å². The Kier molecular flexibility index (Phi) is 16.1. The van der Waals surface area contributed by atoms with Gasteiger partial charge in [0.15, 0.2) is 0 Å². The van der Waals surface area contributed by atoms with E-state index >= 15 is 0 Å². The van der Waals surface area contributed by atoms with Gasteiger partial charge in [0, 0.05) is 38.5 Å². The monoisotopic (exact) mass is 690 g/mol. The number of carbonyl (C=O) groups is 4. The largest absolute Gasteiger partial charge is 0.450 e. The Morgan fingerprint density at radius 3 is 2.16 bits per heavy atom. The maximum absolute atomic E-state index is 14.3. The lowest BCUT2D eigenvalue weighted by Crippen LogP contribution is -2.56. The minimum atomic E-state index is -1.46. The molecule has 0 aromatic heterocycles. The number of amides is 3. The number of benzene rings is 2. The van der Waals surface area contributed by atoms with Crippen molar-refractivity contribution in [1.82, 2.24) is 21.3 Å². The number of halogens is 2. The fourth-order valence-corrected chi connectivity index (χ4v) is 4.79. The van der Waals surface area contributed by atoms with Gasteiger partial charge in [0.25, 0.3) is 5.91 Å². The molecule has 13 heteroatoms. The summed E-state index contributed by atoms with van der Waals surface area (Å²) in [6.45, 7) is 13.9. The zero-order chi connectivity index (χ0) is 36.8. The predicted octanol–water partition coefficient (Wildman–Crippen LogP) is 4.56. The Hall–Kier alpha value is -4.10. The number of hydrogen-bond donors (Lipinski definition) is 4. The molecule has 0 saturated heterocycles. The maximum Gasteiger partial charge on any atom is 0.408 e. The van der Waals surface area contributed by atoms with E-state index in [0.29, 0.717) is 0 Å². The van der Waals surface area contributed by atoms with E-state index in [1.165, 1.54) is 0 Å². The van der Waals surface area contributed by atoms with Gasteiger partial charge in [-0.1, -0.05) is 58.0 Å². The molecule has 0 radical (unpaired) electrons. The predicted molar refractivity (Wildman–Crippen MR) is 181 cm³/mol. The van der Waals surface area contributed by atoms with E-state index in [0.717, 1.165) is 30.7 Å². The van der Waals surface area contributed by atoms with Gasteiger partial charge < -0.3 is 35.5 Å². The first-order valence-corrected chi connectivity index (χ1v) is 16.4. The first kappa shape index (κ1) is 41.1. The van der Waals surface area contributed by atoms with Crippen LogP contribution < -0.4 is 21.3 Å². The molecule has 0 aliphatic rings. The molecule has 49 heavy (non-hydrogen) atoms. The minimum Gasteiger partial charge on any atom is -0.450 e. The fraction of sp³-hybridized carbons (Fsp3) is 0.556. The van der Waals surface area contributed by atoms with Crippen LogP contribution in [0.5, 0.6) is 0 Å². The third-order valence-electron chi connectivity index (χ3n) is 7.01. The van der Waals surface area contributed by atoms with E-state index in [1.807, 2.05) is 58.0 Å². The highest BCUT2D eigenvalue weighted by molar-refractivity contribution is 5.85. The molecular formula is C36H52F2N4O7. The summed E-state index contributed by atoms with van der Waals surface area (Å²) in [7, 11) is 0. The van der Waals surface area contributed by atoms with E-state index in [2.05, 4.69) is 21.3 Å². The Morgan fingerprint density at radius 1 is 0.898 bits per heavy atom. The van der Waals surface area contributed by atoms with Gasteiger partial charge in [0.05, 0.1) is 13.2 Å². The van der Waals surface area contributed by atoms with Crippen molar-refractivity contribution in [2.75, 3.05) is 19.7 Å². The van der Waals surface area contributed by atoms with Gasteiger partial charge in [-0.2, -0.15) is 0 Å². The number of ether oxygens (including phenoxy) is 3. The van der Waals surface area contributed by atoms with Crippen molar-refractivity contribution in [3.8, 4) is 0 Å². The van der Waals surface area contributed by atoms with Crippen molar-refractivity contribution in [2.45, 2.75) is 105 Å². The molecule has 4 N–H and O–H groups in total. The highest BCUT2D eigenvalue weighted by atomic mass is 19.1. The second-order valence-electron chi connectivity index (χ2n) is 14.1. The van der Waals surface area contributed by atoms with Gasteiger partial charge >= 0.3 is 12.1 Å². The number of hydrogen-bond acceptors (Lipinski definition) is 8. The van der Waals surface area contributed by atoms with Crippen LogP contribution in [0, 0.1) is 17.0 Å². The van der Waals surface area contributed by atoms with Crippen LogP contribution in [0.1, 0.15) is 72.9 Å². The molecule has 11 nitrogen and oxygen atoms in total. The standard InChI is InChI=1S/C36H52F2N4O7/c1-23(2)41-28(17-26-16-27(37)14-15-29(26)38)18-31(44)39-21-36(7,8)22-40-33(45)32(48-24(3)43)30(42-34(46)49-35(4,5)6)20-47-19-25-12-10-9-11-13-25/h9-16,23,28,30,32,41H,17-22H2,1-8H3,(H,39,44)(H,40,45)(H,42,46)/t28?,30-,32+/m1/s1. The van der Waals surface area contributed by atoms with E-state index < -0.39 is 58.8 Å². The van der Waals surface area contributed by atoms with E-state index in [1.54, 1.807) is 20.8 Å². The van der Waals surface area contributed by atoms with Crippen molar-refractivity contribution >= 4 is 23.9 Å². The summed E-state index contributed by atoms with van der Waals surface area (Å²) in [4.78, 5) is 51.2. The topological polar surface area (TPSA) is 144 Å². The van der Waals surface area contributed by atoms with E-state index in [9.17, 15) is 28.0 Å². The summed E-state index contributed by atoms with van der Waals surface area (Å²) in [6.07, 6.45) is -2.16. The first-order chi connectivity index (χ1) is 22.8. The molecule has 0 bridgehead atoms. The minimum absolute atomic E-state index is 0.00605. The molecule has 272 valence electrons. The Morgan fingerprint density at radius 2 is 1.55 bits per heavy atom. The van der Waals surface area contributed by atoms with E-state index in [4.69, 9.17) is 14.2 Å². The smallest absolute Gasteiger partial charge is 0.408 e. The molecule has 3 amide bonds. The highest BCUT2D eigenvalue weighted by Crippen LogP contribution is 2.16. The van der Waals surface area contributed by atoms with Gasteiger partial charge in [-0.15, -0.1) is 0 Å². The summed E-state index contributed by atoms with van der Waals surface area (Å²) in [6, 6.07) is 11.0. The lowest BCUT2D eigenvalue weighted by atomic mass is 9.93. The zero-order valence-corrected chi connectivity index (χ0v) is 29.8. The lowest BCUT2D eigenvalue weighted by Gasteiger charge is -2.30. The second-order valence-corrected chi connectivity index (χ2v) is 14.1. The summed E-state index contributed by atoms with van der Waals surface area (Å²) < 4.78 is 44.6. The average molecular weight is 691 g/mol. The normalized spacial score (nSPS) is 13.6. The highest BCUT2D eigenvalue weighted by Gasteiger charge is 2.35. The molecule has 1 unspecified atom stereocenters. The fourth-order valence-electron chi connectivity index (χ4n) is 4.79. The summed E-state index contributed by atoms with van der Waals surface area (Å²) in [5.41, 5.74) is -0.461. The Balaban J connectivity index is 2.07. The quantitative estimate of drug-likeness (QED) is 0.167. The number of esters is 1. The van der Waals surface area contributed by atoms with Crippen molar-refractivity contribution in [3.63, 3.8) is 0 Å². The van der Waals surface area contributed by atoms with Crippen LogP contribution in [0.3, 0.4) is 0 Å². The molecular weight excluding hydrogens is 638 g/mol. The SMILES string of the molecule is CC(=O)O[C@H](C(=O)NCC(C)(C)CNC(=O)CC(Cc1cc(F)ccc1F)NC(C)C)[C@@H](COCc1ccccc1)NC(=O)OC(C)(C)C. The molecule has 2 aromatic carbocycles. The number of alkyl carbamates (subject to hydrolysis) is 1. The van der Waals surface area contributed by atoms with Crippen LogP contribution in [0.15, 0.2) is 48.5 Å². The third-order valence-corrected chi connectivity index (χ3v) is 7.01. The number of nitrogens with one attached hydrogen (secondary N) is 4. The van der Waals surface area contributed by atoms with Crippen molar-refractivity contribution in [2.24, 2.45) is 5.41 Å². The Bertz CT molecular complexity index is 1380. The molecule has 0 aliphatic heterocycles. The third kappa shape index (κ3) is 16.7. The number of carbonyl (C=O) groups excluding carboxylic acids is 4. The van der Waals surface area contributed by atoms with Crippen LogP contribution in [-0.2, 0) is 41.6 Å². The van der Waals surface area contributed by atoms with Crippen molar-refractivity contribution in [3.05, 3.63) is 71.3 Å². The molecule has 3 atom stereocenters.